The maximum atomic E-state index is 5.13. The highest BCUT2D eigenvalue weighted by Gasteiger charge is 2.08. The van der Waals surface area contributed by atoms with Gasteiger partial charge in [0.15, 0.2) is 0 Å². The Labute approximate surface area is 109 Å². The van der Waals surface area contributed by atoms with Crippen LogP contribution in [0.2, 0.25) is 0 Å². The maximum absolute atomic E-state index is 5.13. The molecule has 0 unspecified atom stereocenters. The van der Waals surface area contributed by atoms with Crippen LogP contribution in [0.5, 0.6) is 0 Å². The van der Waals surface area contributed by atoms with Gasteiger partial charge in [-0.15, -0.1) is 0 Å². The van der Waals surface area contributed by atoms with E-state index in [1.54, 1.807) is 0 Å². The maximum Gasteiger partial charge on any atom is 0.138 e. The molecule has 0 saturated carbocycles. The van der Waals surface area contributed by atoms with Gasteiger partial charge >= 0.3 is 0 Å². The molecule has 0 saturated heterocycles. The monoisotopic (exact) mass is 294 g/mol. The predicted octanol–water partition coefficient (Wildman–Crippen LogP) is 3.97. The lowest BCUT2D eigenvalue weighted by molar-refractivity contribution is 0.392. The summed E-state index contributed by atoms with van der Waals surface area (Å²) in [6, 6.07) is 6.26. The third kappa shape index (κ3) is 2.88. The van der Waals surface area contributed by atoms with Gasteiger partial charge in [0.1, 0.15) is 5.76 Å². The Morgan fingerprint density at radius 1 is 1.24 bits per heavy atom. The van der Waals surface area contributed by atoms with E-state index >= 15 is 0 Å². The highest BCUT2D eigenvalue weighted by Crippen LogP contribution is 2.20. The number of nitrogens with one attached hydrogen (secondary N) is 1. The Morgan fingerprint density at radius 2 is 2.00 bits per heavy atom. The first-order valence-corrected chi connectivity index (χ1v) is 6.28. The second kappa shape index (κ2) is 4.92. The van der Waals surface area contributed by atoms with Crippen molar-refractivity contribution in [1.29, 1.82) is 0 Å². The first-order valence-electron chi connectivity index (χ1n) is 5.49. The van der Waals surface area contributed by atoms with Crippen LogP contribution < -0.4 is 5.32 Å². The minimum atomic E-state index is 0.733. The lowest BCUT2D eigenvalue weighted by atomic mass is 10.2. The van der Waals surface area contributed by atoms with E-state index in [1.165, 1.54) is 5.56 Å². The number of benzene rings is 1. The van der Waals surface area contributed by atoms with E-state index in [1.807, 2.05) is 13.8 Å². The summed E-state index contributed by atoms with van der Waals surface area (Å²) in [7, 11) is 0. The molecule has 0 aliphatic rings. The van der Waals surface area contributed by atoms with Gasteiger partial charge in [0.25, 0.3) is 0 Å². The molecule has 0 atom stereocenters. The Hall–Kier alpha value is -1.29. The third-order valence-corrected chi connectivity index (χ3v) is 3.15. The first-order chi connectivity index (χ1) is 8.06. The summed E-state index contributed by atoms with van der Waals surface area (Å²) in [6.07, 6.45) is 0. The van der Waals surface area contributed by atoms with Crippen LogP contribution in [-0.2, 0) is 6.54 Å². The number of hydrogen-bond donors (Lipinski definition) is 1. The van der Waals surface area contributed by atoms with Crippen molar-refractivity contribution in [1.82, 2.24) is 5.16 Å². The van der Waals surface area contributed by atoms with E-state index in [4.69, 9.17) is 4.52 Å². The molecule has 0 radical (unpaired) electrons. The van der Waals surface area contributed by atoms with Crippen LogP contribution in [0, 0.1) is 20.8 Å². The van der Waals surface area contributed by atoms with Crippen molar-refractivity contribution in [2.75, 3.05) is 5.32 Å². The molecular formula is C13H15BrN2O. The highest BCUT2D eigenvalue weighted by atomic mass is 79.9. The summed E-state index contributed by atoms with van der Waals surface area (Å²) in [6.45, 7) is 6.70. The van der Waals surface area contributed by atoms with Gasteiger partial charge in [-0.2, -0.15) is 0 Å². The van der Waals surface area contributed by atoms with E-state index in [-0.39, 0.29) is 0 Å². The van der Waals surface area contributed by atoms with Crippen molar-refractivity contribution in [2.45, 2.75) is 27.3 Å². The zero-order valence-electron chi connectivity index (χ0n) is 10.2. The van der Waals surface area contributed by atoms with Crippen LogP contribution in [-0.4, -0.2) is 5.16 Å². The van der Waals surface area contributed by atoms with Crippen molar-refractivity contribution in [2.24, 2.45) is 0 Å². The zero-order valence-corrected chi connectivity index (χ0v) is 11.8. The Kier molecular flexibility index (Phi) is 3.52. The van der Waals surface area contributed by atoms with E-state index in [0.717, 1.165) is 33.7 Å². The van der Waals surface area contributed by atoms with E-state index in [9.17, 15) is 0 Å². The van der Waals surface area contributed by atoms with E-state index in [0.29, 0.717) is 0 Å². The average molecular weight is 295 g/mol. The Bertz CT molecular complexity index is 494. The topological polar surface area (TPSA) is 38.1 Å². The minimum Gasteiger partial charge on any atom is -0.381 e. The molecule has 17 heavy (non-hydrogen) atoms. The quantitative estimate of drug-likeness (QED) is 0.931. The van der Waals surface area contributed by atoms with Crippen molar-refractivity contribution < 1.29 is 4.52 Å². The fourth-order valence-corrected chi connectivity index (χ4v) is 2.39. The van der Waals surface area contributed by atoms with Gasteiger partial charge in [-0.25, -0.2) is 0 Å². The molecule has 0 bridgehead atoms. The number of nitrogens with zero attached hydrogens (tertiary/aromatic N) is 1. The van der Waals surface area contributed by atoms with Crippen LogP contribution in [0.4, 0.5) is 5.69 Å². The van der Waals surface area contributed by atoms with E-state index < -0.39 is 0 Å². The summed E-state index contributed by atoms with van der Waals surface area (Å²) < 4.78 is 6.21. The number of rotatable bonds is 3. The van der Waals surface area contributed by atoms with Gasteiger partial charge in [-0.05, 0) is 44.5 Å². The lowest BCUT2D eigenvalue weighted by Crippen LogP contribution is -2.01. The third-order valence-electron chi connectivity index (χ3n) is 2.69. The molecule has 1 aromatic heterocycles. The number of halogens is 1. The van der Waals surface area contributed by atoms with Crippen LogP contribution in [0.25, 0.3) is 0 Å². The summed E-state index contributed by atoms with van der Waals surface area (Å²) in [5.74, 6) is 0.877. The van der Waals surface area contributed by atoms with Crippen molar-refractivity contribution >= 4 is 21.6 Å². The molecule has 0 fully saturated rings. The number of anilines is 1. The number of hydrogen-bond acceptors (Lipinski definition) is 3. The molecule has 4 heteroatoms. The standard InChI is InChI=1S/C13H15BrN2O/c1-8-4-11(14)6-12(5-8)15-7-13-9(2)16-17-10(13)3/h4-6,15H,7H2,1-3H3. The molecular weight excluding hydrogens is 280 g/mol. The summed E-state index contributed by atoms with van der Waals surface area (Å²) in [4.78, 5) is 0. The molecule has 0 aliphatic carbocycles. The SMILES string of the molecule is Cc1cc(Br)cc(NCc2c(C)noc2C)c1. The molecule has 0 amide bonds. The van der Waals surface area contributed by atoms with Gasteiger partial charge in [-0.3, -0.25) is 0 Å². The van der Waals surface area contributed by atoms with Gasteiger partial charge in [0.05, 0.1) is 5.69 Å². The average Bonchev–Trinajstić information content (AvgIpc) is 2.55. The Balaban J connectivity index is 2.12. The molecule has 0 aliphatic heterocycles. The van der Waals surface area contributed by atoms with Crippen molar-refractivity contribution in [3.05, 3.63) is 45.3 Å². The molecule has 2 rings (SSSR count). The van der Waals surface area contributed by atoms with Crippen LogP contribution >= 0.6 is 15.9 Å². The van der Waals surface area contributed by atoms with E-state index in [2.05, 4.69) is 51.5 Å². The largest absolute Gasteiger partial charge is 0.381 e. The first kappa shape index (κ1) is 12.2. The molecule has 1 N–H and O–H groups in total. The van der Waals surface area contributed by atoms with Crippen LogP contribution in [0.15, 0.2) is 27.2 Å². The molecule has 1 aromatic carbocycles. The van der Waals surface area contributed by atoms with Gasteiger partial charge in [0.2, 0.25) is 0 Å². The molecule has 2 aromatic rings. The normalized spacial score (nSPS) is 10.6. The van der Waals surface area contributed by atoms with Crippen molar-refractivity contribution in [3.8, 4) is 0 Å². The lowest BCUT2D eigenvalue weighted by Gasteiger charge is -2.07. The fraction of sp³-hybridized carbons (Fsp3) is 0.308. The zero-order chi connectivity index (χ0) is 12.4. The number of aromatic nitrogens is 1. The predicted molar refractivity (Wildman–Crippen MR) is 72.2 cm³/mol. The van der Waals surface area contributed by atoms with Crippen LogP contribution in [0.1, 0.15) is 22.6 Å². The second-order valence-corrected chi connectivity index (χ2v) is 5.09. The van der Waals surface area contributed by atoms with Crippen molar-refractivity contribution in [3.63, 3.8) is 0 Å². The fourth-order valence-electron chi connectivity index (χ4n) is 1.78. The minimum absolute atomic E-state index is 0.733. The van der Waals surface area contributed by atoms with Gasteiger partial charge in [-0.1, -0.05) is 21.1 Å². The molecule has 1 heterocycles. The smallest absolute Gasteiger partial charge is 0.138 e. The van der Waals surface area contributed by atoms with Crippen LogP contribution in [0.3, 0.4) is 0 Å². The highest BCUT2D eigenvalue weighted by molar-refractivity contribution is 9.10. The summed E-state index contributed by atoms with van der Waals surface area (Å²) >= 11 is 3.49. The number of aryl methyl sites for hydroxylation is 3. The molecule has 0 spiro atoms. The van der Waals surface area contributed by atoms with Gasteiger partial charge < -0.3 is 9.84 Å². The van der Waals surface area contributed by atoms with Gasteiger partial charge in [0, 0.05) is 22.3 Å². The molecule has 90 valence electrons. The second-order valence-electron chi connectivity index (χ2n) is 4.17. The Morgan fingerprint density at radius 3 is 2.59 bits per heavy atom. The molecule has 3 nitrogen and oxygen atoms in total. The summed E-state index contributed by atoms with van der Waals surface area (Å²) in [5, 5.41) is 7.32. The summed E-state index contributed by atoms with van der Waals surface area (Å²) in [5.41, 5.74) is 4.39.